The van der Waals surface area contributed by atoms with E-state index in [1.807, 2.05) is 39.0 Å². The van der Waals surface area contributed by atoms with Crippen molar-refractivity contribution in [2.24, 2.45) is 0 Å². The lowest BCUT2D eigenvalue weighted by Gasteiger charge is -2.19. The van der Waals surface area contributed by atoms with Crippen molar-refractivity contribution in [3.05, 3.63) is 28.2 Å². The summed E-state index contributed by atoms with van der Waals surface area (Å²) in [5.41, 5.74) is 0.662. The number of ether oxygens (including phenoxy) is 2. The molecule has 1 fully saturated rings. The highest BCUT2D eigenvalue weighted by Crippen LogP contribution is 2.26. The predicted octanol–water partition coefficient (Wildman–Crippen LogP) is 3.21. The van der Waals surface area contributed by atoms with Gasteiger partial charge in [-0.1, -0.05) is 15.9 Å². The van der Waals surface area contributed by atoms with Gasteiger partial charge in [-0.25, -0.2) is 4.79 Å². The normalized spacial score (nSPS) is 20.4. The van der Waals surface area contributed by atoms with Gasteiger partial charge >= 0.3 is 6.09 Å². The predicted molar refractivity (Wildman–Crippen MR) is 89.1 cm³/mol. The van der Waals surface area contributed by atoms with Crippen molar-refractivity contribution in [1.82, 2.24) is 10.6 Å². The summed E-state index contributed by atoms with van der Waals surface area (Å²) in [5, 5.41) is 6.30. The van der Waals surface area contributed by atoms with Crippen molar-refractivity contribution < 1.29 is 14.3 Å². The van der Waals surface area contributed by atoms with Crippen LogP contribution in [0.15, 0.2) is 22.7 Å². The molecule has 0 spiro atoms. The number of alkyl carbamates (subject to hydrolysis) is 1. The minimum atomic E-state index is -0.465. The smallest absolute Gasteiger partial charge is 0.407 e. The first-order valence-corrected chi connectivity index (χ1v) is 8.13. The summed E-state index contributed by atoms with van der Waals surface area (Å²) in [4.78, 5) is 11.7. The first-order valence-electron chi connectivity index (χ1n) is 7.34. The van der Waals surface area contributed by atoms with Crippen LogP contribution < -0.4 is 15.4 Å². The van der Waals surface area contributed by atoms with Gasteiger partial charge in [-0.15, -0.1) is 0 Å². The first kappa shape index (κ1) is 17.1. The molecule has 1 saturated carbocycles. The molecule has 0 radical (unpaired) electrons. The van der Waals surface area contributed by atoms with Crippen molar-refractivity contribution in [3.63, 3.8) is 0 Å². The molecule has 2 rings (SSSR count). The zero-order chi connectivity index (χ0) is 16.3. The Balaban J connectivity index is 1.77. The third kappa shape index (κ3) is 5.18. The van der Waals surface area contributed by atoms with Gasteiger partial charge in [-0.05, 0) is 51.0 Å². The van der Waals surface area contributed by atoms with Gasteiger partial charge in [-0.3, -0.25) is 0 Å². The van der Waals surface area contributed by atoms with Gasteiger partial charge < -0.3 is 20.1 Å². The summed E-state index contributed by atoms with van der Waals surface area (Å²) in [6.45, 7) is 6.29. The Morgan fingerprint density at radius 1 is 1.36 bits per heavy atom. The number of hydrogen-bond acceptors (Lipinski definition) is 4. The number of amides is 1. The Kier molecular flexibility index (Phi) is 5.34. The zero-order valence-electron chi connectivity index (χ0n) is 13.4. The van der Waals surface area contributed by atoms with Crippen LogP contribution in [0.5, 0.6) is 5.75 Å². The van der Waals surface area contributed by atoms with Crippen LogP contribution in [0, 0.1) is 0 Å². The third-order valence-corrected chi connectivity index (χ3v) is 4.07. The van der Waals surface area contributed by atoms with Gasteiger partial charge in [0, 0.05) is 23.1 Å². The largest absolute Gasteiger partial charge is 0.497 e. The fourth-order valence-electron chi connectivity index (χ4n) is 2.09. The standard InChI is InChI=1S/C16H23BrN2O3/c1-16(2,3)22-15(20)19-14-8-13(14)18-9-10-7-11(21-4)5-6-12(10)17/h5-7,13-14,18H,8-9H2,1-4H3,(H,19,20). The molecule has 1 amide bonds. The highest BCUT2D eigenvalue weighted by Gasteiger charge is 2.38. The molecule has 1 aliphatic rings. The quantitative estimate of drug-likeness (QED) is 0.835. The van der Waals surface area contributed by atoms with Gasteiger partial charge in [0.25, 0.3) is 0 Å². The molecule has 122 valence electrons. The minimum Gasteiger partial charge on any atom is -0.497 e. The van der Waals surface area contributed by atoms with E-state index in [1.54, 1.807) is 7.11 Å². The van der Waals surface area contributed by atoms with Crippen molar-refractivity contribution in [1.29, 1.82) is 0 Å². The Hall–Kier alpha value is -1.27. The Morgan fingerprint density at radius 2 is 2.09 bits per heavy atom. The van der Waals surface area contributed by atoms with E-state index in [0.717, 1.165) is 28.8 Å². The number of hydrogen-bond donors (Lipinski definition) is 2. The Labute approximate surface area is 139 Å². The van der Waals surface area contributed by atoms with Crippen LogP contribution in [-0.2, 0) is 11.3 Å². The highest BCUT2D eigenvalue weighted by molar-refractivity contribution is 9.10. The lowest BCUT2D eigenvalue weighted by Crippen LogP contribution is -2.36. The third-order valence-electron chi connectivity index (χ3n) is 3.30. The van der Waals surface area contributed by atoms with Gasteiger partial charge in [0.2, 0.25) is 0 Å². The summed E-state index contributed by atoms with van der Waals surface area (Å²) in [6.07, 6.45) is 0.560. The molecule has 5 nitrogen and oxygen atoms in total. The molecule has 0 heterocycles. The number of rotatable bonds is 5. The number of benzene rings is 1. The monoisotopic (exact) mass is 370 g/mol. The molecular formula is C16H23BrN2O3. The van der Waals surface area contributed by atoms with E-state index in [1.165, 1.54) is 0 Å². The maximum atomic E-state index is 11.7. The van der Waals surface area contributed by atoms with E-state index >= 15 is 0 Å². The molecule has 0 aliphatic heterocycles. The molecule has 1 aromatic carbocycles. The number of halogens is 1. The Morgan fingerprint density at radius 3 is 2.73 bits per heavy atom. The molecular weight excluding hydrogens is 348 g/mol. The number of methoxy groups -OCH3 is 1. The van der Waals surface area contributed by atoms with E-state index in [2.05, 4.69) is 26.6 Å². The van der Waals surface area contributed by atoms with Crippen molar-refractivity contribution >= 4 is 22.0 Å². The van der Waals surface area contributed by atoms with E-state index in [9.17, 15) is 4.79 Å². The zero-order valence-corrected chi connectivity index (χ0v) is 15.0. The lowest BCUT2D eigenvalue weighted by molar-refractivity contribution is 0.0522. The van der Waals surface area contributed by atoms with Crippen molar-refractivity contribution in [2.45, 2.75) is 51.4 Å². The van der Waals surface area contributed by atoms with Crippen LogP contribution in [0.1, 0.15) is 32.8 Å². The second-order valence-electron chi connectivity index (χ2n) is 6.43. The SMILES string of the molecule is COc1ccc(Br)c(CNC2CC2NC(=O)OC(C)(C)C)c1. The molecule has 6 heteroatoms. The van der Waals surface area contributed by atoms with Crippen molar-refractivity contribution in [2.75, 3.05) is 7.11 Å². The molecule has 0 aromatic heterocycles. The van der Waals surface area contributed by atoms with E-state index < -0.39 is 5.60 Å². The topological polar surface area (TPSA) is 59.6 Å². The van der Waals surface area contributed by atoms with Crippen LogP contribution in [0.3, 0.4) is 0 Å². The summed E-state index contributed by atoms with van der Waals surface area (Å²) in [5.74, 6) is 0.833. The van der Waals surface area contributed by atoms with Crippen LogP contribution >= 0.6 is 15.9 Å². The second kappa shape index (κ2) is 6.87. The maximum absolute atomic E-state index is 11.7. The molecule has 0 saturated heterocycles. The highest BCUT2D eigenvalue weighted by atomic mass is 79.9. The van der Waals surface area contributed by atoms with Gasteiger partial charge in [0.1, 0.15) is 11.4 Å². The molecule has 22 heavy (non-hydrogen) atoms. The van der Waals surface area contributed by atoms with Crippen LogP contribution in [-0.4, -0.2) is 30.9 Å². The molecule has 0 bridgehead atoms. The summed E-state index contributed by atoms with van der Waals surface area (Å²) < 4.78 is 11.5. The first-order chi connectivity index (χ1) is 10.3. The van der Waals surface area contributed by atoms with Gasteiger partial charge in [0.05, 0.1) is 7.11 Å². The van der Waals surface area contributed by atoms with Crippen molar-refractivity contribution in [3.8, 4) is 5.75 Å². The number of carbonyl (C=O) groups is 1. The van der Waals surface area contributed by atoms with Gasteiger partial charge in [-0.2, -0.15) is 0 Å². The second-order valence-corrected chi connectivity index (χ2v) is 7.29. The van der Waals surface area contributed by atoms with E-state index in [-0.39, 0.29) is 18.2 Å². The summed E-state index contributed by atoms with van der Waals surface area (Å²) >= 11 is 3.53. The maximum Gasteiger partial charge on any atom is 0.407 e. The molecule has 2 atom stereocenters. The molecule has 1 aromatic rings. The van der Waals surface area contributed by atoms with E-state index in [0.29, 0.717) is 0 Å². The molecule has 2 N–H and O–H groups in total. The van der Waals surface area contributed by atoms with E-state index in [4.69, 9.17) is 9.47 Å². The average Bonchev–Trinajstić information content (AvgIpc) is 3.13. The summed E-state index contributed by atoms with van der Waals surface area (Å²) in [6, 6.07) is 6.30. The Bertz CT molecular complexity index is 543. The summed E-state index contributed by atoms with van der Waals surface area (Å²) in [7, 11) is 1.65. The van der Waals surface area contributed by atoms with Crippen LogP contribution in [0.25, 0.3) is 0 Å². The fourth-order valence-corrected chi connectivity index (χ4v) is 2.48. The number of carbonyl (C=O) groups excluding carboxylic acids is 1. The lowest BCUT2D eigenvalue weighted by atomic mass is 10.2. The fraction of sp³-hybridized carbons (Fsp3) is 0.562. The van der Waals surface area contributed by atoms with Crippen LogP contribution in [0.2, 0.25) is 0 Å². The van der Waals surface area contributed by atoms with Gasteiger partial charge in [0.15, 0.2) is 0 Å². The molecule has 2 unspecified atom stereocenters. The average molecular weight is 371 g/mol. The minimum absolute atomic E-state index is 0.138. The molecule has 1 aliphatic carbocycles. The number of nitrogens with one attached hydrogen (secondary N) is 2. The van der Waals surface area contributed by atoms with Crippen LogP contribution in [0.4, 0.5) is 4.79 Å².